The lowest BCUT2D eigenvalue weighted by molar-refractivity contribution is -0.122. The summed E-state index contributed by atoms with van der Waals surface area (Å²) in [4.78, 5) is 29.6. The zero-order valence-corrected chi connectivity index (χ0v) is 16.5. The summed E-state index contributed by atoms with van der Waals surface area (Å²) in [6.07, 6.45) is 10.9. The minimum Gasteiger partial charge on any atom is -0.352 e. The third-order valence-corrected chi connectivity index (χ3v) is 5.58. The summed E-state index contributed by atoms with van der Waals surface area (Å²) in [5.74, 6) is -0.142. The Morgan fingerprint density at radius 2 is 1.69 bits per heavy atom. The van der Waals surface area contributed by atoms with Crippen molar-refractivity contribution in [3.05, 3.63) is 70.4 Å². The molecule has 6 nitrogen and oxygen atoms in total. The lowest BCUT2D eigenvalue weighted by Gasteiger charge is -2.17. The lowest BCUT2D eigenvalue weighted by atomic mass is 10.1. The number of nitrogens with one attached hydrogen (secondary N) is 1. The maximum atomic E-state index is 12.9. The first-order valence-corrected chi connectivity index (χ1v) is 10.4. The Balaban J connectivity index is 1.61. The minimum absolute atomic E-state index is 0.0521. The average Bonchev–Trinajstić information content (AvgIpc) is 3.01. The summed E-state index contributed by atoms with van der Waals surface area (Å²) in [6, 6.07) is 11.5. The maximum absolute atomic E-state index is 12.9. The van der Waals surface area contributed by atoms with E-state index >= 15 is 0 Å². The van der Waals surface area contributed by atoms with Crippen LogP contribution >= 0.6 is 0 Å². The molecule has 1 amide bonds. The van der Waals surface area contributed by atoms with Gasteiger partial charge in [-0.15, -0.1) is 0 Å². The van der Waals surface area contributed by atoms with Crippen LogP contribution in [0.25, 0.3) is 10.8 Å². The number of fused-ring (bicyclic) bond motifs is 1. The molecule has 150 valence electrons. The van der Waals surface area contributed by atoms with Gasteiger partial charge >= 0.3 is 0 Å². The molecule has 1 aliphatic carbocycles. The molecule has 0 radical (unpaired) electrons. The van der Waals surface area contributed by atoms with Crippen molar-refractivity contribution in [1.29, 1.82) is 0 Å². The van der Waals surface area contributed by atoms with E-state index in [2.05, 4.69) is 15.4 Å². The minimum atomic E-state index is -0.227. The second kappa shape index (κ2) is 8.99. The van der Waals surface area contributed by atoms with Crippen molar-refractivity contribution >= 4 is 16.7 Å². The predicted octanol–water partition coefficient (Wildman–Crippen LogP) is 3.22. The number of carbonyl (C=O) groups excluding carboxylic acids is 1. The van der Waals surface area contributed by atoms with Crippen molar-refractivity contribution in [2.75, 3.05) is 0 Å². The van der Waals surface area contributed by atoms with Gasteiger partial charge in [0.25, 0.3) is 5.56 Å². The van der Waals surface area contributed by atoms with Crippen molar-refractivity contribution in [2.45, 2.75) is 57.5 Å². The van der Waals surface area contributed by atoms with E-state index in [-0.39, 0.29) is 24.1 Å². The molecule has 3 aromatic rings. The molecule has 29 heavy (non-hydrogen) atoms. The van der Waals surface area contributed by atoms with Gasteiger partial charge in [0, 0.05) is 30.2 Å². The van der Waals surface area contributed by atoms with Crippen LogP contribution in [0.4, 0.5) is 0 Å². The van der Waals surface area contributed by atoms with Gasteiger partial charge < -0.3 is 5.32 Å². The first kappa shape index (κ1) is 19.3. The van der Waals surface area contributed by atoms with E-state index in [9.17, 15) is 9.59 Å². The van der Waals surface area contributed by atoms with Gasteiger partial charge in [0.15, 0.2) is 0 Å². The van der Waals surface area contributed by atoms with Crippen molar-refractivity contribution in [3.63, 3.8) is 0 Å². The summed E-state index contributed by atoms with van der Waals surface area (Å²) in [7, 11) is 0. The number of amides is 1. The number of hydrogen-bond donors (Lipinski definition) is 1. The fourth-order valence-corrected chi connectivity index (χ4v) is 4.07. The Kier molecular flexibility index (Phi) is 5.98. The quantitative estimate of drug-likeness (QED) is 0.679. The first-order valence-electron chi connectivity index (χ1n) is 10.4. The largest absolute Gasteiger partial charge is 0.352 e. The van der Waals surface area contributed by atoms with Gasteiger partial charge in [0.05, 0.1) is 11.1 Å². The Morgan fingerprint density at radius 3 is 2.41 bits per heavy atom. The average molecular weight is 390 g/mol. The van der Waals surface area contributed by atoms with Crippen LogP contribution in [0.1, 0.15) is 49.8 Å². The van der Waals surface area contributed by atoms with E-state index < -0.39 is 0 Å². The standard InChI is InChI=1S/C23H26N4O2/c28-22(25-18-7-3-1-2-4-8-18)16-27-23(29)20-10-6-5-9-19(20)21(26-27)15-17-11-13-24-14-12-17/h5-6,9-14,18H,1-4,7-8,15-16H2,(H,25,28). The molecule has 1 fully saturated rings. The number of pyridine rings is 1. The smallest absolute Gasteiger partial charge is 0.275 e. The summed E-state index contributed by atoms with van der Waals surface area (Å²) in [5.41, 5.74) is 1.62. The Morgan fingerprint density at radius 1 is 1.00 bits per heavy atom. The highest BCUT2D eigenvalue weighted by molar-refractivity contribution is 5.84. The van der Waals surface area contributed by atoms with Crippen LogP contribution in [0.2, 0.25) is 0 Å². The second-order valence-corrected chi connectivity index (χ2v) is 7.74. The van der Waals surface area contributed by atoms with E-state index in [0.717, 1.165) is 42.3 Å². The zero-order chi connectivity index (χ0) is 20.1. The SMILES string of the molecule is O=C(Cn1nc(Cc2ccncc2)c2ccccc2c1=O)NC1CCCCCC1. The first-order chi connectivity index (χ1) is 14.2. The molecule has 0 saturated heterocycles. The number of hydrogen-bond acceptors (Lipinski definition) is 4. The molecule has 0 unspecified atom stereocenters. The predicted molar refractivity (Wildman–Crippen MR) is 113 cm³/mol. The van der Waals surface area contributed by atoms with Crippen molar-refractivity contribution < 1.29 is 4.79 Å². The van der Waals surface area contributed by atoms with Crippen molar-refractivity contribution in [1.82, 2.24) is 20.1 Å². The fourth-order valence-electron chi connectivity index (χ4n) is 4.07. The summed E-state index contributed by atoms with van der Waals surface area (Å²) < 4.78 is 1.31. The molecule has 0 bridgehead atoms. The highest BCUT2D eigenvalue weighted by Gasteiger charge is 2.17. The van der Waals surface area contributed by atoms with Gasteiger partial charge in [-0.3, -0.25) is 14.6 Å². The molecule has 1 aromatic carbocycles. The van der Waals surface area contributed by atoms with Crippen LogP contribution in [0, 0.1) is 0 Å². The molecule has 2 heterocycles. The third kappa shape index (κ3) is 4.70. The van der Waals surface area contributed by atoms with Crippen LogP contribution in [0.3, 0.4) is 0 Å². The number of benzene rings is 1. The van der Waals surface area contributed by atoms with Crippen LogP contribution in [0.15, 0.2) is 53.6 Å². The van der Waals surface area contributed by atoms with E-state index in [1.165, 1.54) is 17.5 Å². The molecule has 2 aromatic heterocycles. The molecule has 1 N–H and O–H groups in total. The van der Waals surface area contributed by atoms with Gasteiger partial charge in [0.1, 0.15) is 6.54 Å². The van der Waals surface area contributed by atoms with Crippen LogP contribution in [-0.4, -0.2) is 26.7 Å². The second-order valence-electron chi connectivity index (χ2n) is 7.74. The molecule has 1 saturated carbocycles. The number of aromatic nitrogens is 3. The molecular formula is C23H26N4O2. The molecule has 0 aliphatic heterocycles. The monoisotopic (exact) mass is 390 g/mol. The van der Waals surface area contributed by atoms with Gasteiger partial charge in [0.2, 0.25) is 5.91 Å². The fraction of sp³-hybridized carbons (Fsp3) is 0.391. The van der Waals surface area contributed by atoms with Crippen LogP contribution < -0.4 is 10.9 Å². The van der Waals surface area contributed by atoms with E-state index in [1.54, 1.807) is 18.5 Å². The Bertz CT molecular complexity index is 1040. The Labute approximate surface area is 170 Å². The lowest BCUT2D eigenvalue weighted by Crippen LogP contribution is -2.39. The topological polar surface area (TPSA) is 76.9 Å². The Hall–Kier alpha value is -3.02. The normalized spacial score (nSPS) is 15.2. The highest BCUT2D eigenvalue weighted by Crippen LogP contribution is 2.18. The zero-order valence-electron chi connectivity index (χ0n) is 16.5. The van der Waals surface area contributed by atoms with E-state index in [1.807, 2.05) is 30.3 Å². The summed E-state index contributed by atoms with van der Waals surface area (Å²) >= 11 is 0. The number of rotatable bonds is 5. The molecular weight excluding hydrogens is 364 g/mol. The van der Waals surface area contributed by atoms with E-state index in [0.29, 0.717) is 11.8 Å². The van der Waals surface area contributed by atoms with Crippen LogP contribution in [0.5, 0.6) is 0 Å². The van der Waals surface area contributed by atoms with Crippen molar-refractivity contribution in [3.8, 4) is 0 Å². The van der Waals surface area contributed by atoms with Crippen LogP contribution in [-0.2, 0) is 17.8 Å². The summed E-state index contributed by atoms with van der Waals surface area (Å²) in [6.45, 7) is -0.0521. The van der Waals surface area contributed by atoms with E-state index in [4.69, 9.17) is 0 Å². The van der Waals surface area contributed by atoms with Gasteiger partial charge in [-0.1, -0.05) is 43.9 Å². The number of carbonyl (C=O) groups is 1. The van der Waals surface area contributed by atoms with Gasteiger partial charge in [-0.05, 0) is 36.6 Å². The molecule has 0 atom stereocenters. The van der Waals surface area contributed by atoms with Gasteiger partial charge in [-0.25, -0.2) is 4.68 Å². The van der Waals surface area contributed by atoms with Gasteiger partial charge in [-0.2, -0.15) is 5.10 Å². The van der Waals surface area contributed by atoms with Crippen molar-refractivity contribution in [2.24, 2.45) is 0 Å². The number of nitrogens with zero attached hydrogens (tertiary/aromatic N) is 3. The third-order valence-electron chi connectivity index (χ3n) is 5.58. The molecule has 4 rings (SSSR count). The molecule has 0 spiro atoms. The molecule has 1 aliphatic rings. The maximum Gasteiger partial charge on any atom is 0.275 e. The summed E-state index contributed by atoms with van der Waals surface area (Å²) in [5, 5.41) is 9.10. The molecule has 6 heteroatoms. The highest BCUT2D eigenvalue weighted by atomic mass is 16.2.